The normalized spacial score (nSPS) is 17.1. The lowest BCUT2D eigenvalue weighted by Crippen LogP contribution is -2.49. The molecular weight excluding hydrogens is 572 g/mol. The maximum Gasteiger partial charge on any atom is 0.261 e. The summed E-state index contributed by atoms with van der Waals surface area (Å²) in [7, 11) is 4.49. The Morgan fingerprint density at radius 1 is 0.717 bits per heavy atom. The van der Waals surface area contributed by atoms with Crippen molar-refractivity contribution in [2.45, 2.75) is 56.8 Å². The number of carbonyl (C=O) groups is 3. The average molecular weight is 624 g/mol. The highest BCUT2D eigenvalue weighted by molar-refractivity contribution is 6.21. The Balaban J connectivity index is 0.989. The summed E-state index contributed by atoms with van der Waals surface area (Å²) in [6.45, 7) is 5.46. The van der Waals surface area contributed by atoms with Crippen LogP contribution in [0.1, 0.15) is 83.2 Å². The van der Waals surface area contributed by atoms with E-state index in [1.165, 1.54) is 43.4 Å². The fourth-order valence-corrected chi connectivity index (χ4v) is 7.71. The Hall–Kier alpha value is -3.81. The zero-order valence-corrected chi connectivity index (χ0v) is 27.7. The number of quaternary nitrogens is 1. The summed E-state index contributed by atoms with van der Waals surface area (Å²) in [5.74, 6) is -0.438. The van der Waals surface area contributed by atoms with Crippen LogP contribution < -0.4 is 5.73 Å². The van der Waals surface area contributed by atoms with Gasteiger partial charge in [0.15, 0.2) is 0 Å². The van der Waals surface area contributed by atoms with Crippen molar-refractivity contribution in [2.24, 2.45) is 11.7 Å². The lowest BCUT2D eigenvalue weighted by atomic mass is 9.64. The second-order valence-electron chi connectivity index (χ2n) is 13.9. The van der Waals surface area contributed by atoms with Crippen molar-refractivity contribution in [1.29, 1.82) is 0 Å². The third-order valence-electron chi connectivity index (χ3n) is 10.2. The predicted octanol–water partition coefficient (Wildman–Crippen LogP) is 5.88. The molecule has 0 aliphatic carbocycles. The molecule has 2 aliphatic rings. The van der Waals surface area contributed by atoms with Gasteiger partial charge >= 0.3 is 0 Å². The minimum atomic E-state index is -0.821. The van der Waals surface area contributed by atoms with Crippen molar-refractivity contribution in [1.82, 2.24) is 9.80 Å². The third-order valence-corrected chi connectivity index (χ3v) is 10.2. The number of rotatable bonds is 17. The van der Waals surface area contributed by atoms with Crippen LogP contribution in [-0.4, -0.2) is 85.4 Å². The largest absolute Gasteiger partial charge is 0.369 e. The molecule has 0 spiro atoms. The molecule has 3 amide bonds. The van der Waals surface area contributed by atoms with Gasteiger partial charge in [-0.1, -0.05) is 92.1 Å². The van der Waals surface area contributed by atoms with E-state index >= 15 is 0 Å². The van der Waals surface area contributed by atoms with E-state index in [2.05, 4.69) is 43.3 Å². The number of likely N-dealkylation sites (tertiary alicyclic amines) is 1. The Morgan fingerprint density at radius 2 is 1.22 bits per heavy atom. The second-order valence-corrected chi connectivity index (χ2v) is 13.9. The van der Waals surface area contributed by atoms with Crippen LogP contribution in [0.4, 0.5) is 0 Å². The van der Waals surface area contributed by atoms with E-state index in [1.807, 2.05) is 48.5 Å². The van der Waals surface area contributed by atoms with Gasteiger partial charge in [0.1, 0.15) is 5.41 Å². The molecule has 7 nitrogen and oxygen atoms in total. The summed E-state index contributed by atoms with van der Waals surface area (Å²) in [6.07, 6.45) is 9.05. The molecule has 0 saturated carbocycles. The highest BCUT2D eigenvalue weighted by atomic mass is 16.2. The molecule has 1 unspecified atom stereocenters. The molecule has 1 atom stereocenters. The summed E-state index contributed by atoms with van der Waals surface area (Å²) >= 11 is 0. The molecule has 0 aromatic heterocycles. The van der Waals surface area contributed by atoms with Gasteiger partial charge in [-0.15, -0.1) is 0 Å². The van der Waals surface area contributed by atoms with E-state index < -0.39 is 5.41 Å². The summed E-state index contributed by atoms with van der Waals surface area (Å²) in [6, 6.07) is 27.3. The van der Waals surface area contributed by atoms with Crippen molar-refractivity contribution in [2.75, 3.05) is 53.4 Å². The fraction of sp³-hybridized carbons (Fsp3) is 0.462. The Bertz CT molecular complexity index is 1400. The zero-order valence-electron chi connectivity index (χ0n) is 27.7. The smallest absolute Gasteiger partial charge is 0.261 e. The number of benzene rings is 3. The lowest BCUT2D eigenvalue weighted by molar-refractivity contribution is -0.890. The highest BCUT2D eigenvalue weighted by Gasteiger charge is 2.49. The minimum Gasteiger partial charge on any atom is -0.369 e. The maximum absolute atomic E-state index is 13.3. The van der Waals surface area contributed by atoms with Crippen LogP contribution in [0, 0.1) is 5.92 Å². The van der Waals surface area contributed by atoms with Gasteiger partial charge in [0.2, 0.25) is 5.91 Å². The molecule has 0 radical (unpaired) electrons. The van der Waals surface area contributed by atoms with Gasteiger partial charge in [0, 0.05) is 19.5 Å². The van der Waals surface area contributed by atoms with Crippen LogP contribution in [0.3, 0.4) is 0 Å². The second kappa shape index (κ2) is 15.2. The number of hydrogen-bond donors (Lipinski definition) is 1. The van der Waals surface area contributed by atoms with Crippen molar-refractivity contribution in [3.63, 3.8) is 0 Å². The molecule has 1 fully saturated rings. The summed E-state index contributed by atoms with van der Waals surface area (Å²) in [5, 5.41) is 0. The standard InChI is InChI=1S/C39H50N4O3/c1-43(2,29-17-26-42-36(44)34-22-13-14-23-35(34)37(42)45)28-16-6-4-3-5-15-25-41-27-24-33(30-41)39(38(40)46,31-18-9-7-10-19-31)32-20-11-8-12-21-32/h7-14,18-23,33H,3-6,15-17,24-30H2,1-2H3,(H-,40,46)/p+1. The zero-order chi connectivity index (χ0) is 32.6. The first-order valence-electron chi connectivity index (χ1n) is 17.1. The van der Waals surface area contributed by atoms with E-state index in [1.54, 1.807) is 12.1 Å². The molecule has 7 heteroatoms. The van der Waals surface area contributed by atoms with Gasteiger partial charge in [-0.2, -0.15) is 0 Å². The molecule has 3 aromatic rings. The van der Waals surface area contributed by atoms with Gasteiger partial charge < -0.3 is 15.1 Å². The maximum atomic E-state index is 13.3. The van der Waals surface area contributed by atoms with E-state index in [4.69, 9.17) is 5.73 Å². The molecular formula is C39H51N4O3+. The lowest BCUT2D eigenvalue weighted by Gasteiger charge is -2.37. The number of primary amides is 1. The molecule has 244 valence electrons. The number of unbranched alkanes of at least 4 members (excludes halogenated alkanes) is 5. The van der Waals surface area contributed by atoms with Crippen molar-refractivity contribution < 1.29 is 18.9 Å². The molecule has 0 bridgehead atoms. The van der Waals surface area contributed by atoms with Crippen molar-refractivity contribution in [3.8, 4) is 0 Å². The van der Waals surface area contributed by atoms with Crippen LogP contribution in [0.5, 0.6) is 0 Å². The summed E-state index contributed by atoms with van der Waals surface area (Å²) in [5.41, 5.74) is 8.48. The average Bonchev–Trinajstić information content (AvgIpc) is 3.62. The number of hydrogen-bond acceptors (Lipinski definition) is 4. The topological polar surface area (TPSA) is 83.7 Å². The quantitative estimate of drug-likeness (QED) is 0.116. The SMILES string of the molecule is C[N+](C)(CCCCCCCCN1CCC(C(C(N)=O)(c2ccccc2)c2ccccc2)C1)CCCN1C(=O)c2ccccc2C1=O. The first-order valence-corrected chi connectivity index (χ1v) is 17.1. The van der Waals surface area contributed by atoms with Crippen molar-refractivity contribution >= 4 is 17.7 Å². The van der Waals surface area contributed by atoms with Crippen LogP contribution in [0.25, 0.3) is 0 Å². The molecule has 46 heavy (non-hydrogen) atoms. The monoisotopic (exact) mass is 623 g/mol. The Labute approximate surface area is 275 Å². The van der Waals surface area contributed by atoms with E-state index in [0.717, 1.165) is 61.2 Å². The van der Waals surface area contributed by atoms with Crippen LogP contribution in [0.15, 0.2) is 84.9 Å². The van der Waals surface area contributed by atoms with E-state index in [-0.39, 0.29) is 23.6 Å². The summed E-state index contributed by atoms with van der Waals surface area (Å²) in [4.78, 5) is 42.5. The number of nitrogens with zero attached hydrogens (tertiary/aromatic N) is 3. The van der Waals surface area contributed by atoms with Crippen LogP contribution >= 0.6 is 0 Å². The Kier molecular flexibility index (Phi) is 11.1. The van der Waals surface area contributed by atoms with E-state index in [9.17, 15) is 14.4 Å². The molecule has 5 rings (SSSR count). The summed E-state index contributed by atoms with van der Waals surface area (Å²) < 4.78 is 0.901. The van der Waals surface area contributed by atoms with Gasteiger partial charge in [-0.05, 0) is 68.0 Å². The van der Waals surface area contributed by atoms with Crippen molar-refractivity contribution in [3.05, 3.63) is 107 Å². The van der Waals surface area contributed by atoms with E-state index in [0.29, 0.717) is 17.7 Å². The molecule has 3 aromatic carbocycles. The third kappa shape index (κ3) is 7.42. The number of imide groups is 1. The molecule has 1 saturated heterocycles. The van der Waals surface area contributed by atoms with Gasteiger partial charge in [0.05, 0.1) is 38.3 Å². The molecule has 2 N–H and O–H groups in total. The van der Waals surface area contributed by atoms with Crippen LogP contribution in [-0.2, 0) is 10.2 Å². The number of fused-ring (bicyclic) bond motifs is 1. The molecule has 2 heterocycles. The number of nitrogens with two attached hydrogens (primary N) is 1. The van der Waals surface area contributed by atoms with Crippen LogP contribution in [0.2, 0.25) is 0 Å². The first-order chi connectivity index (χ1) is 22.2. The number of amides is 3. The first kappa shape index (κ1) is 33.6. The number of carbonyl (C=O) groups excluding carboxylic acids is 3. The highest BCUT2D eigenvalue weighted by Crippen LogP contribution is 2.43. The fourth-order valence-electron chi connectivity index (χ4n) is 7.71. The van der Waals surface area contributed by atoms with Gasteiger partial charge in [-0.25, -0.2) is 0 Å². The minimum absolute atomic E-state index is 0.143. The van der Waals surface area contributed by atoms with Gasteiger partial charge in [-0.3, -0.25) is 19.3 Å². The predicted molar refractivity (Wildman–Crippen MR) is 183 cm³/mol. The molecule has 2 aliphatic heterocycles. The Morgan fingerprint density at radius 3 is 1.78 bits per heavy atom. The van der Waals surface area contributed by atoms with Gasteiger partial charge in [0.25, 0.3) is 11.8 Å².